The van der Waals surface area contributed by atoms with Crippen LogP contribution in [0.5, 0.6) is 0 Å². The molecule has 0 amide bonds. The summed E-state index contributed by atoms with van der Waals surface area (Å²) in [7, 11) is 0. The predicted octanol–water partition coefficient (Wildman–Crippen LogP) is 3.31. The summed E-state index contributed by atoms with van der Waals surface area (Å²) in [5, 5.41) is 4.82. The normalized spacial score (nSPS) is 27.8. The maximum atomic E-state index is 4.11. The second-order valence-electron chi connectivity index (χ2n) is 6.35. The Morgan fingerprint density at radius 3 is 2.57 bits per heavy atom. The Labute approximate surface area is 132 Å². The van der Waals surface area contributed by atoms with Crippen molar-refractivity contribution in [3.8, 4) is 0 Å². The molecule has 1 N–H and O–H groups in total. The average molecular weight is 305 g/mol. The van der Waals surface area contributed by atoms with E-state index < -0.39 is 0 Å². The lowest BCUT2D eigenvalue weighted by atomic mass is 9.93. The summed E-state index contributed by atoms with van der Waals surface area (Å²) >= 11 is 2.06. The number of rotatable bonds is 4. The smallest absolute Gasteiger partial charge is 0.0397 e. The van der Waals surface area contributed by atoms with Gasteiger partial charge >= 0.3 is 0 Å². The van der Waals surface area contributed by atoms with E-state index >= 15 is 0 Å². The van der Waals surface area contributed by atoms with Crippen molar-refractivity contribution in [1.82, 2.24) is 10.3 Å². The minimum Gasteiger partial charge on any atom is -0.371 e. The summed E-state index contributed by atoms with van der Waals surface area (Å²) in [6, 6.07) is 5.72. The molecular weight excluding hydrogens is 278 g/mol. The molecule has 1 saturated heterocycles. The molecule has 2 unspecified atom stereocenters. The van der Waals surface area contributed by atoms with Gasteiger partial charge in [0.2, 0.25) is 0 Å². The van der Waals surface area contributed by atoms with Gasteiger partial charge in [0.25, 0.3) is 0 Å². The molecule has 0 spiro atoms. The zero-order valence-corrected chi connectivity index (χ0v) is 13.8. The van der Waals surface area contributed by atoms with Crippen molar-refractivity contribution < 1.29 is 0 Å². The van der Waals surface area contributed by atoms with Crippen molar-refractivity contribution >= 4 is 17.4 Å². The highest BCUT2D eigenvalue weighted by Gasteiger charge is 2.25. The van der Waals surface area contributed by atoms with Crippen molar-refractivity contribution in [2.75, 3.05) is 24.2 Å². The summed E-state index contributed by atoms with van der Waals surface area (Å²) in [5.41, 5.74) is 1.32. The van der Waals surface area contributed by atoms with Gasteiger partial charge in [-0.05, 0) is 50.5 Å². The fourth-order valence-electron chi connectivity index (χ4n) is 3.70. The molecule has 0 radical (unpaired) electrons. The third-order valence-corrected chi connectivity index (χ3v) is 6.05. The fraction of sp³-hybridized carbons (Fsp3) is 0.706. The van der Waals surface area contributed by atoms with Crippen LogP contribution in [0.3, 0.4) is 0 Å². The maximum absolute atomic E-state index is 4.11. The van der Waals surface area contributed by atoms with Crippen LogP contribution in [0.1, 0.15) is 38.5 Å². The number of piperidine rings is 1. The van der Waals surface area contributed by atoms with Crippen LogP contribution in [0.25, 0.3) is 0 Å². The minimum absolute atomic E-state index is 0.716. The molecule has 1 aromatic rings. The molecule has 2 heterocycles. The summed E-state index contributed by atoms with van der Waals surface area (Å²) in [5.74, 6) is 0. The Morgan fingerprint density at radius 2 is 1.86 bits per heavy atom. The van der Waals surface area contributed by atoms with Crippen LogP contribution < -0.4 is 10.2 Å². The molecule has 116 valence electrons. The SMILES string of the molecule is CSC1CCCC(NC2CCN(c3ccncc3)CC2)C1. The number of hydrogen-bond acceptors (Lipinski definition) is 4. The molecule has 1 aromatic heterocycles. The van der Waals surface area contributed by atoms with Gasteiger partial charge in [0.15, 0.2) is 0 Å². The second-order valence-corrected chi connectivity index (χ2v) is 7.49. The van der Waals surface area contributed by atoms with Gasteiger partial charge in [-0.2, -0.15) is 11.8 Å². The first-order valence-corrected chi connectivity index (χ1v) is 9.58. The van der Waals surface area contributed by atoms with E-state index in [1.165, 1.54) is 57.3 Å². The molecule has 3 rings (SSSR count). The molecule has 0 bridgehead atoms. The van der Waals surface area contributed by atoms with Gasteiger partial charge in [0.1, 0.15) is 0 Å². The highest BCUT2D eigenvalue weighted by molar-refractivity contribution is 7.99. The Balaban J connectivity index is 1.45. The van der Waals surface area contributed by atoms with E-state index in [1.807, 2.05) is 12.4 Å². The van der Waals surface area contributed by atoms with Crippen molar-refractivity contribution in [2.24, 2.45) is 0 Å². The third-order valence-electron chi connectivity index (χ3n) is 4.95. The minimum atomic E-state index is 0.716. The summed E-state index contributed by atoms with van der Waals surface area (Å²) in [6.07, 6.45) is 14.1. The standard InChI is InChI=1S/C17H27N3S/c1-21-17-4-2-3-15(13-17)19-14-7-11-20(12-8-14)16-5-9-18-10-6-16/h5-6,9-10,14-15,17,19H,2-4,7-8,11-13H2,1H3. The van der Waals surface area contributed by atoms with Gasteiger partial charge in [0.05, 0.1) is 0 Å². The largest absolute Gasteiger partial charge is 0.371 e. The molecule has 2 fully saturated rings. The Morgan fingerprint density at radius 1 is 1.10 bits per heavy atom. The van der Waals surface area contributed by atoms with Gasteiger partial charge in [0, 0.05) is 48.5 Å². The molecule has 21 heavy (non-hydrogen) atoms. The van der Waals surface area contributed by atoms with Gasteiger partial charge in [-0.1, -0.05) is 6.42 Å². The number of aromatic nitrogens is 1. The topological polar surface area (TPSA) is 28.2 Å². The van der Waals surface area contributed by atoms with E-state index in [0.29, 0.717) is 6.04 Å². The first-order valence-electron chi connectivity index (χ1n) is 8.29. The fourth-order valence-corrected chi connectivity index (χ4v) is 4.53. The van der Waals surface area contributed by atoms with E-state index in [2.05, 4.69) is 45.4 Å². The monoisotopic (exact) mass is 305 g/mol. The summed E-state index contributed by atoms with van der Waals surface area (Å²) in [6.45, 7) is 2.33. The lowest BCUT2D eigenvalue weighted by Crippen LogP contribution is -2.47. The van der Waals surface area contributed by atoms with E-state index in [4.69, 9.17) is 0 Å². The first kappa shape index (κ1) is 15.2. The molecule has 3 nitrogen and oxygen atoms in total. The van der Waals surface area contributed by atoms with E-state index in [-0.39, 0.29) is 0 Å². The van der Waals surface area contributed by atoms with Crippen molar-refractivity contribution in [3.05, 3.63) is 24.5 Å². The summed E-state index contributed by atoms with van der Waals surface area (Å²) < 4.78 is 0. The highest BCUT2D eigenvalue weighted by Crippen LogP contribution is 2.28. The van der Waals surface area contributed by atoms with Gasteiger partial charge in [-0.3, -0.25) is 4.98 Å². The maximum Gasteiger partial charge on any atom is 0.0397 e. The van der Waals surface area contributed by atoms with Crippen LogP contribution in [0, 0.1) is 0 Å². The number of nitrogens with zero attached hydrogens (tertiary/aromatic N) is 2. The van der Waals surface area contributed by atoms with Crippen molar-refractivity contribution in [1.29, 1.82) is 0 Å². The van der Waals surface area contributed by atoms with E-state index in [9.17, 15) is 0 Å². The lowest BCUT2D eigenvalue weighted by Gasteiger charge is -2.37. The first-order chi connectivity index (χ1) is 10.3. The van der Waals surface area contributed by atoms with E-state index in [0.717, 1.165) is 11.3 Å². The second kappa shape index (κ2) is 7.50. The molecule has 1 aliphatic heterocycles. The predicted molar refractivity (Wildman–Crippen MR) is 92.2 cm³/mol. The average Bonchev–Trinajstić information content (AvgIpc) is 2.56. The molecule has 2 aliphatic rings. The molecule has 1 aliphatic carbocycles. The number of nitrogens with one attached hydrogen (secondary N) is 1. The number of anilines is 1. The quantitative estimate of drug-likeness (QED) is 0.924. The Kier molecular flexibility index (Phi) is 5.42. The van der Waals surface area contributed by atoms with E-state index in [1.54, 1.807) is 0 Å². The van der Waals surface area contributed by atoms with Crippen molar-refractivity contribution in [3.63, 3.8) is 0 Å². The molecule has 0 aromatic carbocycles. The Hall–Kier alpha value is -0.740. The number of hydrogen-bond donors (Lipinski definition) is 1. The third kappa shape index (κ3) is 4.13. The van der Waals surface area contributed by atoms with Crippen LogP contribution in [-0.2, 0) is 0 Å². The van der Waals surface area contributed by atoms with Crippen LogP contribution >= 0.6 is 11.8 Å². The van der Waals surface area contributed by atoms with Crippen LogP contribution in [-0.4, -0.2) is 41.7 Å². The number of thioether (sulfide) groups is 1. The molecule has 4 heteroatoms. The number of pyridine rings is 1. The van der Waals surface area contributed by atoms with Crippen LogP contribution in [0.4, 0.5) is 5.69 Å². The highest BCUT2D eigenvalue weighted by atomic mass is 32.2. The zero-order chi connectivity index (χ0) is 14.5. The zero-order valence-electron chi connectivity index (χ0n) is 13.0. The molecule has 1 saturated carbocycles. The van der Waals surface area contributed by atoms with Gasteiger partial charge in [-0.15, -0.1) is 0 Å². The van der Waals surface area contributed by atoms with Gasteiger partial charge < -0.3 is 10.2 Å². The van der Waals surface area contributed by atoms with Crippen molar-refractivity contribution in [2.45, 2.75) is 55.9 Å². The van der Waals surface area contributed by atoms with Gasteiger partial charge in [-0.25, -0.2) is 0 Å². The molecule has 2 atom stereocenters. The van der Waals surface area contributed by atoms with Crippen LogP contribution in [0.2, 0.25) is 0 Å². The van der Waals surface area contributed by atoms with Crippen LogP contribution in [0.15, 0.2) is 24.5 Å². The Bertz CT molecular complexity index is 417. The lowest BCUT2D eigenvalue weighted by molar-refractivity contribution is 0.311. The molecular formula is C17H27N3S. The summed E-state index contributed by atoms with van der Waals surface area (Å²) in [4.78, 5) is 6.60.